The maximum atomic E-state index is 13.3. The van der Waals surface area contributed by atoms with E-state index in [2.05, 4.69) is 29.9 Å². The highest BCUT2D eigenvalue weighted by Gasteiger charge is 2.53. The fourth-order valence-electron chi connectivity index (χ4n) is 6.01. The summed E-state index contributed by atoms with van der Waals surface area (Å²) in [4.78, 5) is 56.7. The number of hydrogen-bond acceptors (Lipinski definition) is 17. The maximum absolute atomic E-state index is 13.3. The third-order valence-electron chi connectivity index (χ3n) is 8.06. The van der Waals surface area contributed by atoms with E-state index in [1.54, 1.807) is 6.92 Å². The van der Waals surface area contributed by atoms with Gasteiger partial charge in [0.15, 0.2) is 28.9 Å². The second-order valence-corrected chi connectivity index (χ2v) is 13.8. The van der Waals surface area contributed by atoms with Crippen molar-refractivity contribution in [3.63, 3.8) is 0 Å². The lowest BCUT2D eigenvalue weighted by Crippen LogP contribution is -2.36. The van der Waals surface area contributed by atoms with Crippen LogP contribution in [0.4, 0.5) is 11.8 Å². The van der Waals surface area contributed by atoms with Crippen LogP contribution >= 0.6 is 15.6 Å². The van der Waals surface area contributed by atoms with Gasteiger partial charge in [-0.05, 0) is 13.3 Å². The Morgan fingerprint density at radius 3 is 2.33 bits per heavy atom. The highest BCUT2D eigenvalue weighted by molar-refractivity contribution is 7.47. The number of phosphoric ester groups is 2. The van der Waals surface area contributed by atoms with Crippen molar-refractivity contribution in [3.8, 4) is 0 Å². The van der Waals surface area contributed by atoms with Crippen molar-refractivity contribution < 1.29 is 52.0 Å². The predicted molar refractivity (Wildman–Crippen MR) is 151 cm³/mol. The van der Waals surface area contributed by atoms with Crippen LogP contribution in [-0.4, -0.2) is 103 Å². The first kappa shape index (κ1) is 31.2. The number of nitrogens with zero attached hydrogens (tertiary/aromatic N) is 7. The summed E-state index contributed by atoms with van der Waals surface area (Å²) in [5.74, 6) is -0.853. The minimum atomic E-state index is -5.04. The van der Waals surface area contributed by atoms with E-state index < -0.39 is 83.1 Å². The number of phosphoric acid groups is 2. The number of fused-ring (bicyclic) bond motifs is 5. The normalized spacial score (nSPS) is 37.2. The highest BCUT2D eigenvalue weighted by Crippen LogP contribution is 2.55. The van der Waals surface area contributed by atoms with E-state index in [9.17, 15) is 33.9 Å². The number of aliphatic hydroxyl groups excluding tert-OH is 2. The van der Waals surface area contributed by atoms with Gasteiger partial charge in [-0.1, -0.05) is 0 Å². The Bertz CT molecular complexity index is 1990. The molecule has 4 aromatic rings. The van der Waals surface area contributed by atoms with E-state index >= 15 is 0 Å². The number of anilines is 2. The first-order chi connectivity index (χ1) is 21.7. The number of H-pyrrole nitrogens is 1. The van der Waals surface area contributed by atoms with Gasteiger partial charge in [0, 0.05) is 5.92 Å². The van der Waals surface area contributed by atoms with Crippen LogP contribution in [0.15, 0.2) is 17.4 Å². The quantitative estimate of drug-likeness (QED) is 0.120. The molecule has 9 N–H and O–H groups in total. The van der Waals surface area contributed by atoms with Gasteiger partial charge in [0.2, 0.25) is 5.95 Å². The molecule has 0 aromatic carbocycles. The van der Waals surface area contributed by atoms with Crippen LogP contribution in [0.5, 0.6) is 0 Å². The molecule has 0 amide bonds. The number of aromatic nitrogens is 8. The van der Waals surface area contributed by atoms with E-state index in [1.807, 2.05) is 0 Å². The van der Waals surface area contributed by atoms with Gasteiger partial charge in [-0.15, -0.1) is 0 Å². The molecule has 4 unspecified atom stereocenters. The van der Waals surface area contributed by atoms with E-state index in [0.29, 0.717) is 0 Å². The van der Waals surface area contributed by atoms with Crippen molar-refractivity contribution in [2.24, 2.45) is 5.92 Å². The van der Waals surface area contributed by atoms with Crippen LogP contribution < -0.4 is 17.0 Å². The molecular formula is C22H28N10O12P2. The summed E-state index contributed by atoms with van der Waals surface area (Å²) in [6, 6.07) is -0.998. The Balaban J connectivity index is 1.21. The Morgan fingerprint density at radius 2 is 1.57 bits per heavy atom. The Labute approximate surface area is 256 Å². The van der Waals surface area contributed by atoms with Gasteiger partial charge in [-0.3, -0.25) is 32.4 Å². The van der Waals surface area contributed by atoms with Crippen molar-refractivity contribution in [1.82, 2.24) is 39.0 Å². The summed E-state index contributed by atoms with van der Waals surface area (Å²) in [6.07, 6.45) is -6.74. The molecule has 1 saturated carbocycles. The zero-order chi connectivity index (χ0) is 32.7. The molecule has 2 saturated heterocycles. The minimum Gasteiger partial charge on any atom is -0.390 e. The van der Waals surface area contributed by atoms with Crippen LogP contribution in [0.3, 0.4) is 0 Å². The van der Waals surface area contributed by atoms with Crippen molar-refractivity contribution >= 4 is 49.7 Å². The first-order valence-electron chi connectivity index (χ1n) is 13.7. The summed E-state index contributed by atoms with van der Waals surface area (Å²) in [7, 11) is -10.0. The Kier molecular flexibility index (Phi) is 7.53. The third kappa shape index (κ3) is 5.40. The molecule has 0 spiro atoms. The van der Waals surface area contributed by atoms with E-state index in [0.717, 1.165) is 0 Å². The number of aryl methyl sites for hydroxylation is 1. The average molecular weight is 686 g/mol. The molecule has 46 heavy (non-hydrogen) atoms. The van der Waals surface area contributed by atoms with Gasteiger partial charge in [0.05, 0.1) is 38.0 Å². The summed E-state index contributed by atoms with van der Waals surface area (Å²) in [5, 5.41) is 22.4. The lowest BCUT2D eigenvalue weighted by Gasteiger charge is -2.26. The number of rotatable bonds is 2. The van der Waals surface area contributed by atoms with E-state index in [4.69, 9.17) is 34.3 Å². The van der Waals surface area contributed by atoms with Crippen LogP contribution in [0.1, 0.15) is 24.5 Å². The number of aliphatic hydroxyl groups is 2. The van der Waals surface area contributed by atoms with Crippen LogP contribution in [0, 0.1) is 12.8 Å². The van der Waals surface area contributed by atoms with Crippen molar-refractivity contribution in [3.05, 3.63) is 28.8 Å². The van der Waals surface area contributed by atoms with Crippen LogP contribution in [0.2, 0.25) is 0 Å². The Hall–Kier alpha value is -3.40. The molecule has 10 atom stereocenters. The molecule has 3 aliphatic rings. The molecule has 3 fully saturated rings. The zero-order valence-electron chi connectivity index (χ0n) is 23.6. The fourth-order valence-corrected chi connectivity index (χ4v) is 7.99. The molecule has 1 aliphatic carbocycles. The molecule has 0 radical (unpaired) electrons. The van der Waals surface area contributed by atoms with Gasteiger partial charge < -0.3 is 40.8 Å². The topological polar surface area (TPSA) is 320 Å². The lowest BCUT2D eigenvalue weighted by molar-refractivity contribution is -0.0553. The Morgan fingerprint density at radius 1 is 0.913 bits per heavy atom. The minimum absolute atomic E-state index is 0.00365. The van der Waals surface area contributed by atoms with E-state index in [1.165, 1.54) is 21.8 Å². The largest absolute Gasteiger partial charge is 0.472 e. The van der Waals surface area contributed by atoms with Crippen LogP contribution in [0.25, 0.3) is 22.3 Å². The summed E-state index contributed by atoms with van der Waals surface area (Å²) in [5.41, 5.74) is 11.3. The summed E-state index contributed by atoms with van der Waals surface area (Å²) in [6.45, 7) is 0.191. The average Bonchev–Trinajstić information content (AvgIpc) is 3.72. The highest BCUT2D eigenvalue weighted by atomic mass is 31.2. The number of nitrogen functional groups attached to an aromatic ring is 2. The first-order valence-corrected chi connectivity index (χ1v) is 16.7. The smallest absolute Gasteiger partial charge is 0.390 e. The summed E-state index contributed by atoms with van der Waals surface area (Å²) >= 11 is 0. The standard InChI is InChI=1S/C22H28N10O12P2/c1-7-27-17(23)11-18(28-7)32(6-25-11)21-14(34)16-10(42-21)4-41-46(38,39)43-15-9(2-8(13(15)33)3-40-45(36,37)44-16)31-5-26-12-19(31)29-22(24)30-20(12)35/h5-6,8-10,13-16,21,33-34H,2-4H2,1H3,(H,36,37)(H,38,39)(H2,23,27,28)(H3,24,29,30,35)/t8-,9-,10-,13?,14+,15-,16?,21-/m1/s1. The fraction of sp³-hybridized carbons (Fsp3) is 0.545. The van der Waals surface area contributed by atoms with Crippen molar-refractivity contribution in [2.75, 3.05) is 24.7 Å². The zero-order valence-corrected chi connectivity index (χ0v) is 25.4. The molecule has 7 rings (SSSR count). The van der Waals surface area contributed by atoms with Gasteiger partial charge in [0.25, 0.3) is 5.56 Å². The summed E-state index contributed by atoms with van der Waals surface area (Å²) < 4.78 is 56.2. The molecular weight excluding hydrogens is 658 g/mol. The number of ether oxygens (including phenoxy) is 1. The molecule has 22 nitrogen and oxygen atoms in total. The molecule has 4 aromatic heterocycles. The third-order valence-corrected chi connectivity index (χ3v) is 10.0. The molecule has 2 aliphatic heterocycles. The maximum Gasteiger partial charge on any atom is 0.472 e. The molecule has 6 heterocycles. The SMILES string of the molecule is Cc1nc(N)c2ncn([C@@H]3O[C@@H]4COP(=O)(O)O[C@H]5C(O)[C@@H](COP(=O)(O)OC4[C@@H]3O)C[C@H]5n3cnc4c(=O)[nH]c(N)nc43)c2n1. The number of nitrogens with one attached hydrogen (secondary N) is 1. The number of hydrogen-bond donors (Lipinski definition) is 7. The van der Waals surface area contributed by atoms with Crippen molar-refractivity contribution in [1.29, 1.82) is 0 Å². The van der Waals surface area contributed by atoms with E-state index in [-0.39, 0.29) is 46.3 Å². The van der Waals surface area contributed by atoms with Gasteiger partial charge in [0.1, 0.15) is 35.8 Å². The second kappa shape index (κ2) is 11.1. The van der Waals surface area contributed by atoms with Gasteiger partial charge >= 0.3 is 15.6 Å². The molecule has 248 valence electrons. The molecule has 2 bridgehead atoms. The second-order valence-electron chi connectivity index (χ2n) is 11.0. The monoisotopic (exact) mass is 686 g/mol. The number of imidazole rings is 2. The number of nitrogens with two attached hydrogens (primary N) is 2. The van der Waals surface area contributed by atoms with Crippen molar-refractivity contribution in [2.45, 2.75) is 56.1 Å². The predicted octanol–water partition coefficient (Wildman–Crippen LogP) is -1.37. The van der Waals surface area contributed by atoms with Gasteiger partial charge in [-0.25, -0.2) is 29.1 Å². The lowest BCUT2D eigenvalue weighted by atomic mass is 10.1. The molecule has 24 heteroatoms. The van der Waals surface area contributed by atoms with Gasteiger partial charge in [-0.2, -0.15) is 4.98 Å². The van der Waals surface area contributed by atoms with Crippen LogP contribution in [-0.2, 0) is 32.0 Å². The number of aromatic amines is 1.